The highest BCUT2D eigenvalue weighted by atomic mass is 32.2. The van der Waals surface area contributed by atoms with Gasteiger partial charge in [0.25, 0.3) is 11.6 Å². The Labute approximate surface area is 157 Å². The third-order valence-corrected chi connectivity index (χ3v) is 5.88. The lowest BCUT2D eigenvalue weighted by molar-refractivity contribution is -0.387. The summed E-state index contributed by atoms with van der Waals surface area (Å²) >= 11 is 0. The van der Waals surface area contributed by atoms with E-state index in [9.17, 15) is 23.3 Å². The quantitative estimate of drug-likeness (QED) is 0.572. The van der Waals surface area contributed by atoms with Gasteiger partial charge in [0.05, 0.1) is 16.9 Å². The first-order valence-corrected chi connectivity index (χ1v) is 9.67. The molecule has 0 saturated carbocycles. The largest absolute Gasteiger partial charge is 0.497 e. The predicted molar refractivity (Wildman–Crippen MR) is 98.8 cm³/mol. The van der Waals surface area contributed by atoms with E-state index in [1.807, 2.05) is 6.92 Å². The highest BCUT2D eigenvalue weighted by Gasteiger charge is 2.29. The zero-order valence-corrected chi connectivity index (χ0v) is 15.9. The van der Waals surface area contributed by atoms with E-state index in [1.165, 1.54) is 37.4 Å². The minimum absolute atomic E-state index is 0.0238. The third kappa shape index (κ3) is 4.43. The van der Waals surface area contributed by atoms with Gasteiger partial charge in [-0.15, -0.1) is 0 Å². The molecule has 2 aromatic carbocycles. The zero-order chi connectivity index (χ0) is 20.2. The van der Waals surface area contributed by atoms with E-state index in [4.69, 9.17) is 4.74 Å². The van der Waals surface area contributed by atoms with Crippen LogP contribution in [0.5, 0.6) is 5.75 Å². The van der Waals surface area contributed by atoms with Crippen LogP contribution in [-0.4, -0.2) is 32.4 Å². The lowest BCUT2D eigenvalue weighted by Crippen LogP contribution is -2.32. The smallest absolute Gasteiger partial charge is 0.289 e. The summed E-state index contributed by atoms with van der Waals surface area (Å²) in [6.07, 6.45) is 0.692. The van der Waals surface area contributed by atoms with Crippen LogP contribution >= 0.6 is 0 Å². The van der Waals surface area contributed by atoms with Crippen LogP contribution in [0, 0.1) is 10.1 Å². The van der Waals surface area contributed by atoms with Crippen molar-refractivity contribution in [3.8, 4) is 5.75 Å². The van der Waals surface area contributed by atoms with Crippen LogP contribution in [0.1, 0.15) is 30.6 Å². The molecule has 1 unspecified atom stereocenters. The molecule has 0 aliphatic carbocycles. The number of amides is 1. The summed E-state index contributed by atoms with van der Waals surface area (Å²) in [4.78, 5) is 22.2. The van der Waals surface area contributed by atoms with Crippen LogP contribution in [0.2, 0.25) is 0 Å². The second-order valence-electron chi connectivity index (χ2n) is 5.90. The Hall–Kier alpha value is -2.94. The van der Waals surface area contributed by atoms with Gasteiger partial charge in [-0.05, 0) is 49.7 Å². The molecular weight excluding hydrogens is 372 g/mol. The van der Waals surface area contributed by atoms with Crippen LogP contribution in [0.3, 0.4) is 0 Å². The number of nitrogens with one attached hydrogen (secondary N) is 1. The summed E-state index contributed by atoms with van der Waals surface area (Å²) in [5, 5.41) is 14.1. The van der Waals surface area contributed by atoms with Crippen LogP contribution in [-0.2, 0) is 9.84 Å². The fraction of sp³-hybridized carbons (Fsp3) is 0.278. The Morgan fingerprint density at radius 2 is 1.85 bits per heavy atom. The number of ether oxygens (including phenoxy) is 1. The fourth-order valence-electron chi connectivity index (χ4n) is 2.32. The number of nitro groups is 1. The maximum Gasteiger partial charge on any atom is 0.289 e. The van der Waals surface area contributed by atoms with Crippen molar-refractivity contribution in [2.24, 2.45) is 0 Å². The van der Waals surface area contributed by atoms with Crippen LogP contribution in [0.15, 0.2) is 52.3 Å². The number of carbonyl (C=O) groups is 1. The highest BCUT2D eigenvalue weighted by molar-refractivity contribution is 7.91. The third-order valence-electron chi connectivity index (χ3n) is 4.07. The molecule has 27 heavy (non-hydrogen) atoms. The molecule has 1 atom stereocenters. The molecule has 9 heteroatoms. The van der Waals surface area contributed by atoms with E-state index in [0.717, 1.165) is 12.1 Å². The van der Waals surface area contributed by atoms with Gasteiger partial charge in [0.1, 0.15) is 10.6 Å². The molecule has 0 fully saturated rings. The van der Waals surface area contributed by atoms with E-state index < -0.39 is 31.3 Å². The highest BCUT2D eigenvalue weighted by Crippen LogP contribution is 2.31. The fourth-order valence-corrected chi connectivity index (χ4v) is 3.72. The number of hydrogen-bond acceptors (Lipinski definition) is 6. The Bertz CT molecular complexity index is 954. The minimum Gasteiger partial charge on any atom is -0.497 e. The van der Waals surface area contributed by atoms with Crippen molar-refractivity contribution in [1.29, 1.82) is 0 Å². The van der Waals surface area contributed by atoms with Gasteiger partial charge in [-0.2, -0.15) is 0 Å². The first-order valence-electron chi connectivity index (χ1n) is 8.19. The maximum atomic E-state index is 12.8. The van der Waals surface area contributed by atoms with E-state index in [-0.39, 0.29) is 16.5 Å². The van der Waals surface area contributed by atoms with E-state index in [1.54, 1.807) is 6.92 Å². The Kier molecular flexibility index (Phi) is 6.17. The molecule has 0 bridgehead atoms. The van der Waals surface area contributed by atoms with Crippen molar-refractivity contribution in [3.05, 3.63) is 58.1 Å². The number of benzene rings is 2. The molecule has 0 saturated heterocycles. The number of carbonyl (C=O) groups excluding carboxylic acids is 1. The molecule has 0 aliphatic heterocycles. The molecule has 1 amide bonds. The first kappa shape index (κ1) is 20.4. The summed E-state index contributed by atoms with van der Waals surface area (Å²) in [6, 6.07) is 8.74. The van der Waals surface area contributed by atoms with E-state index >= 15 is 0 Å². The summed E-state index contributed by atoms with van der Waals surface area (Å²) in [5.41, 5.74) is -0.627. The normalized spacial score (nSPS) is 12.3. The molecule has 0 radical (unpaired) electrons. The molecule has 0 heterocycles. The number of sulfone groups is 1. The van der Waals surface area contributed by atoms with E-state index in [0.29, 0.717) is 12.2 Å². The number of nitrogens with zero attached hydrogens (tertiary/aromatic N) is 1. The number of nitro benzene ring substituents is 1. The molecule has 2 rings (SSSR count). The van der Waals surface area contributed by atoms with Gasteiger partial charge in [-0.25, -0.2) is 8.42 Å². The minimum atomic E-state index is -4.14. The van der Waals surface area contributed by atoms with Gasteiger partial charge in [-0.3, -0.25) is 14.9 Å². The van der Waals surface area contributed by atoms with Crippen LogP contribution in [0.25, 0.3) is 0 Å². The summed E-state index contributed by atoms with van der Waals surface area (Å²) in [6.45, 7) is 3.69. The van der Waals surface area contributed by atoms with Crippen LogP contribution in [0.4, 0.5) is 5.69 Å². The molecule has 1 N–H and O–H groups in total. The second-order valence-corrected chi connectivity index (χ2v) is 7.82. The molecule has 0 aliphatic rings. The molecule has 0 aromatic heterocycles. The summed E-state index contributed by atoms with van der Waals surface area (Å²) in [7, 11) is -2.70. The van der Waals surface area contributed by atoms with Crippen molar-refractivity contribution in [3.63, 3.8) is 0 Å². The number of hydrogen-bond donors (Lipinski definition) is 1. The first-order chi connectivity index (χ1) is 12.7. The Morgan fingerprint density at radius 3 is 2.37 bits per heavy atom. The lowest BCUT2D eigenvalue weighted by Gasteiger charge is -2.12. The average Bonchev–Trinajstić information content (AvgIpc) is 2.67. The topological polar surface area (TPSA) is 116 Å². The van der Waals surface area contributed by atoms with Gasteiger partial charge >= 0.3 is 0 Å². The van der Waals surface area contributed by atoms with Crippen molar-refractivity contribution in [2.45, 2.75) is 36.1 Å². The maximum absolute atomic E-state index is 12.8. The monoisotopic (exact) mass is 392 g/mol. The summed E-state index contributed by atoms with van der Waals surface area (Å²) in [5.74, 6) is -0.0404. The van der Waals surface area contributed by atoms with Gasteiger partial charge in [0, 0.05) is 17.7 Å². The van der Waals surface area contributed by atoms with Crippen LogP contribution < -0.4 is 10.1 Å². The lowest BCUT2D eigenvalue weighted by atomic mass is 10.1. The molecule has 0 spiro atoms. The zero-order valence-electron chi connectivity index (χ0n) is 15.1. The number of methoxy groups -OCH3 is 1. The average molecular weight is 392 g/mol. The number of rotatable bonds is 7. The summed E-state index contributed by atoms with van der Waals surface area (Å²) < 4.78 is 30.6. The molecular formula is C18H20N2O6S. The predicted octanol–water partition coefficient (Wildman–Crippen LogP) is 2.96. The van der Waals surface area contributed by atoms with Gasteiger partial charge in [0.15, 0.2) is 0 Å². The van der Waals surface area contributed by atoms with Crippen molar-refractivity contribution < 1.29 is 22.9 Å². The van der Waals surface area contributed by atoms with Crippen molar-refractivity contribution in [1.82, 2.24) is 5.32 Å². The van der Waals surface area contributed by atoms with E-state index in [2.05, 4.69) is 5.32 Å². The second kappa shape index (κ2) is 8.17. The Morgan fingerprint density at radius 1 is 1.22 bits per heavy atom. The van der Waals surface area contributed by atoms with Gasteiger partial charge in [-0.1, -0.05) is 6.92 Å². The molecule has 2 aromatic rings. The van der Waals surface area contributed by atoms with Gasteiger partial charge in [0.2, 0.25) is 9.84 Å². The van der Waals surface area contributed by atoms with Crippen molar-refractivity contribution >= 4 is 21.4 Å². The SMILES string of the molecule is CCC(C)NC(=O)c1ccc(S(=O)(=O)c2ccc(OC)cc2)c([N+](=O)[O-])c1. The molecule has 8 nitrogen and oxygen atoms in total. The Balaban J connectivity index is 2.49. The van der Waals surface area contributed by atoms with Crippen molar-refractivity contribution in [2.75, 3.05) is 7.11 Å². The van der Waals surface area contributed by atoms with Gasteiger partial charge < -0.3 is 10.1 Å². The molecule has 144 valence electrons. The standard InChI is InChI=1S/C18H20N2O6S/c1-4-12(2)19-18(21)13-5-10-17(16(11-13)20(22)23)27(24,25)15-8-6-14(26-3)7-9-15/h5-12H,4H2,1-3H3,(H,19,21).